The Morgan fingerprint density at radius 3 is 2.40 bits per heavy atom. The highest BCUT2D eigenvalue weighted by Crippen LogP contribution is 2.33. The average Bonchev–Trinajstić information content (AvgIpc) is 3.39. The lowest BCUT2D eigenvalue weighted by Gasteiger charge is -2.31. The molecule has 0 aromatic carbocycles. The molecule has 0 bridgehead atoms. The minimum absolute atomic E-state index is 0.0827. The van der Waals surface area contributed by atoms with Crippen LogP contribution in [0, 0.1) is 5.92 Å². The Morgan fingerprint density at radius 2 is 1.83 bits per heavy atom. The molecule has 1 aromatic heterocycles. The van der Waals surface area contributed by atoms with Crippen LogP contribution in [0.2, 0.25) is 0 Å². The predicted octanol–water partition coefficient (Wildman–Crippen LogP) is 2.60. The Morgan fingerprint density at radius 1 is 1.17 bits per heavy atom. The molecule has 1 unspecified atom stereocenters. The third kappa shape index (κ3) is 6.93. The van der Waals surface area contributed by atoms with E-state index in [9.17, 15) is 24.6 Å². The first-order chi connectivity index (χ1) is 16.3. The molecule has 2 heterocycles. The Balaban J connectivity index is 1.84. The molecular weight excluding hydrogens is 454 g/mol. The molecule has 1 saturated carbocycles. The summed E-state index contributed by atoms with van der Waals surface area (Å²) in [5.74, 6) is -1.30. The molecule has 2 amide bonds. The number of hydrogen-bond acceptors (Lipinski definition) is 7. The van der Waals surface area contributed by atoms with Crippen molar-refractivity contribution in [1.82, 2.24) is 25.2 Å². The van der Waals surface area contributed by atoms with Gasteiger partial charge in [0.25, 0.3) is 0 Å². The van der Waals surface area contributed by atoms with Crippen molar-refractivity contribution in [2.75, 3.05) is 6.54 Å². The van der Waals surface area contributed by atoms with Crippen molar-refractivity contribution in [3.05, 3.63) is 11.9 Å². The molecule has 0 radical (unpaired) electrons. The highest BCUT2D eigenvalue weighted by molar-refractivity contribution is 5.90. The van der Waals surface area contributed by atoms with Crippen LogP contribution < -0.4 is 5.32 Å². The molecule has 35 heavy (non-hydrogen) atoms. The Kier molecular flexibility index (Phi) is 8.08. The number of aromatic nitrogens is 3. The van der Waals surface area contributed by atoms with Crippen LogP contribution in [0.15, 0.2) is 6.20 Å². The van der Waals surface area contributed by atoms with Gasteiger partial charge >= 0.3 is 12.1 Å². The number of alkyl carbamates (subject to hydrolysis) is 1. The van der Waals surface area contributed by atoms with E-state index in [2.05, 4.69) is 15.6 Å². The summed E-state index contributed by atoms with van der Waals surface area (Å²) in [5.41, 5.74) is -1.53. The van der Waals surface area contributed by atoms with E-state index in [1.165, 1.54) is 15.8 Å². The number of nitrogens with one attached hydrogen (secondary N) is 1. The molecule has 1 saturated heterocycles. The summed E-state index contributed by atoms with van der Waals surface area (Å²) in [6.07, 6.45) is 6.55. The van der Waals surface area contributed by atoms with Crippen LogP contribution in [0.5, 0.6) is 0 Å². The van der Waals surface area contributed by atoms with E-state index in [1.54, 1.807) is 34.6 Å². The van der Waals surface area contributed by atoms with Crippen molar-refractivity contribution in [1.29, 1.82) is 0 Å². The van der Waals surface area contributed by atoms with Crippen molar-refractivity contribution in [3.8, 4) is 0 Å². The number of aliphatic hydroxyl groups is 1. The molecule has 3 N–H and O–H groups in total. The number of carboxylic acid groups (broad SMARTS) is 1. The zero-order chi connectivity index (χ0) is 26.0. The molecule has 196 valence electrons. The molecule has 1 aliphatic heterocycles. The van der Waals surface area contributed by atoms with Crippen LogP contribution in [0.1, 0.15) is 91.3 Å². The van der Waals surface area contributed by atoms with Crippen LogP contribution in [0.25, 0.3) is 0 Å². The van der Waals surface area contributed by atoms with E-state index in [1.807, 2.05) is 0 Å². The van der Waals surface area contributed by atoms with Crippen molar-refractivity contribution in [2.45, 2.75) is 109 Å². The number of carbonyl (C=O) groups excluding carboxylic acids is 2. The first kappa shape index (κ1) is 26.9. The van der Waals surface area contributed by atoms with Gasteiger partial charge in [-0.2, -0.15) is 0 Å². The molecule has 2 fully saturated rings. The van der Waals surface area contributed by atoms with Gasteiger partial charge in [0.05, 0.1) is 17.9 Å². The second-order valence-corrected chi connectivity index (χ2v) is 11.3. The molecular formula is C24H39N5O6. The summed E-state index contributed by atoms with van der Waals surface area (Å²) in [7, 11) is 0. The number of rotatable bonds is 7. The van der Waals surface area contributed by atoms with E-state index < -0.39 is 47.3 Å². The minimum atomic E-state index is -1.23. The van der Waals surface area contributed by atoms with E-state index in [4.69, 9.17) is 4.74 Å². The zero-order valence-electron chi connectivity index (χ0n) is 21.4. The molecule has 0 spiro atoms. The third-order valence-corrected chi connectivity index (χ3v) is 6.68. The van der Waals surface area contributed by atoms with Gasteiger partial charge in [0.1, 0.15) is 23.3 Å². The number of nitrogens with zero attached hydrogens (tertiary/aromatic N) is 4. The number of likely N-dealkylation sites (tertiary alicyclic amines) is 1. The van der Waals surface area contributed by atoms with Gasteiger partial charge < -0.3 is 25.2 Å². The molecule has 11 nitrogen and oxygen atoms in total. The molecule has 3 atom stereocenters. The summed E-state index contributed by atoms with van der Waals surface area (Å²) in [5, 5.41) is 31.1. The van der Waals surface area contributed by atoms with Gasteiger partial charge in [-0.15, -0.1) is 5.10 Å². The molecule has 1 aromatic rings. The van der Waals surface area contributed by atoms with Gasteiger partial charge in [0.2, 0.25) is 5.91 Å². The molecule has 11 heteroatoms. The standard InChI is InChI=1S/C24H39N5O6/c1-23(2,3)35-22(33)26-17(11-15-9-7-6-8-10-15)20(30)28-14-16(12-18(28)21(31)32)29-19(13-25-27-29)24(4,5)34/h13,15-18,34H,6-12,14H2,1-5H3,(H,26,33)(H,31,32)/t16-,17?,18-/m0/s1. The largest absolute Gasteiger partial charge is 0.480 e. The molecule has 1 aliphatic carbocycles. The van der Waals surface area contributed by atoms with Crippen LogP contribution >= 0.6 is 0 Å². The van der Waals surface area contributed by atoms with Gasteiger partial charge in [-0.3, -0.25) is 4.79 Å². The summed E-state index contributed by atoms with van der Waals surface area (Å²) in [6.45, 7) is 8.51. The fourth-order valence-corrected chi connectivity index (χ4v) is 5.05. The van der Waals surface area contributed by atoms with Crippen molar-refractivity contribution >= 4 is 18.0 Å². The van der Waals surface area contributed by atoms with Crippen LogP contribution in [0.3, 0.4) is 0 Å². The van der Waals surface area contributed by atoms with E-state index in [-0.39, 0.29) is 18.9 Å². The van der Waals surface area contributed by atoms with Gasteiger partial charge in [-0.25, -0.2) is 14.3 Å². The lowest BCUT2D eigenvalue weighted by Crippen LogP contribution is -2.53. The zero-order valence-corrected chi connectivity index (χ0v) is 21.4. The SMILES string of the molecule is CC(C)(C)OC(=O)NC(CC1CCCCC1)C(=O)N1C[C@@H](n2nncc2C(C)(C)O)C[C@H]1C(=O)O. The van der Waals surface area contributed by atoms with Crippen molar-refractivity contribution in [2.24, 2.45) is 5.92 Å². The summed E-state index contributed by atoms with van der Waals surface area (Å²) in [4.78, 5) is 39.8. The Hall–Kier alpha value is -2.69. The van der Waals surface area contributed by atoms with E-state index >= 15 is 0 Å². The van der Waals surface area contributed by atoms with Crippen LogP contribution in [-0.2, 0) is 19.9 Å². The second kappa shape index (κ2) is 10.5. The average molecular weight is 494 g/mol. The maximum atomic E-state index is 13.7. The number of ether oxygens (including phenoxy) is 1. The number of aliphatic carboxylic acids is 1. The summed E-state index contributed by atoms with van der Waals surface area (Å²) < 4.78 is 6.89. The van der Waals surface area contributed by atoms with Crippen LogP contribution in [-0.4, -0.2) is 72.3 Å². The minimum Gasteiger partial charge on any atom is -0.480 e. The lowest BCUT2D eigenvalue weighted by molar-refractivity contribution is -0.149. The second-order valence-electron chi connectivity index (χ2n) is 11.3. The smallest absolute Gasteiger partial charge is 0.408 e. The monoisotopic (exact) mass is 493 g/mol. The Labute approximate surface area is 206 Å². The predicted molar refractivity (Wildman–Crippen MR) is 126 cm³/mol. The van der Waals surface area contributed by atoms with Gasteiger partial charge in [0, 0.05) is 13.0 Å². The maximum Gasteiger partial charge on any atom is 0.408 e. The quantitative estimate of drug-likeness (QED) is 0.525. The fraction of sp³-hybridized carbons (Fsp3) is 0.792. The number of hydrogen-bond donors (Lipinski definition) is 3. The van der Waals surface area contributed by atoms with Crippen molar-refractivity contribution < 1.29 is 29.3 Å². The Bertz CT molecular complexity index is 912. The molecule has 3 rings (SSSR count). The topological polar surface area (TPSA) is 147 Å². The van der Waals surface area contributed by atoms with Crippen LogP contribution in [0.4, 0.5) is 4.79 Å². The highest BCUT2D eigenvalue weighted by Gasteiger charge is 2.45. The van der Waals surface area contributed by atoms with Gasteiger partial charge in [-0.1, -0.05) is 37.3 Å². The first-order valence-electron chi connectivity index (χ1n) is 12.4. The lowest BCUT2D eigenvalue weighted by atomic mass is 9.84. The number of carboxylic acids is 1. The summed E-state index contributed by atoms with van der Waals surface area (Å²) >= 11 is 0. The third-order valence-electron chi connectivity index (χ3n) is 6.68. The van der Waals surface area contributed by atoms with Crippen molar-refractivity contribution in [3.63, 3.8) is 0 Å². The first-order valence-corrected chi connectivity index (χ1v) is 12.4. The van der Waals surface area contributed by atoms with E-state index in [0.717, 1.165) is 32.1 Å². The fourth-order valence-electron chi connectivity index (χ4n) is 5.05. The number of amides is 2. The molecule has 2 aliphatic rings. The normalized spacial score (nSPS) is 22.6. The maximum absolute atomic E-state index is 13.7. The number of carbonyl (C=O) groups is 3. The highest BCUT2D eigenvalue weighted by atomic mass is 16.6. The van der Waals surface area contributed by atoms with Gasteiger partial charge in [0.15, 0.2) is 0 Å². The summed E-state index contributed by atoms with van der Waals surface area (Å²) in [6, 6.07) is -2.44. The van der Waals surface area contributed by atoms with E-state index in [0.29, 0.717) is 12.1 Å². The van der Waals surface area contributed by atoms with Gasteiger partial charge in [-0.05, 0) is 47.0 Å².